The molecule has 3 rings (SSSR count). The molecule has 0 atom stereocenters. The smallest absolute Gasteiger partial charge is 0.0487 e. The van der Waals surface area contributed by atoms with Crippen LogP contribution in [-0.2, 0) is 0 Å². The highest BCUT2D eigenvalue weighted by Gasteiger charge is 1.93. The fourth-order valence-electron chi connectivity index (χ4n) is 1.25. The van der Waals surface area contributed by atoms with Crippen LogP contribution in [0.5, 0.6) is 0 Å². The van der Waals surface area contributed by atoms with Crippen molar-refractivity contribution in [1.82, 2.24) is 20.2 Å². The molecule has 0 unspecified atom stereocenters. The summed E-state index contributed by atoms with van der Waals surface area (Å²) >= 11 is 0. The number of hydrogen-bond donors (Lipinski definition) is 2. The summed E-state index contributed by atoms with van der Waals surface area (Å²) in [5, 5.41) is 6.21. The molecule has 0 aliphatic carbocycles. The van der Waals surface area contributed by atoms with Gasteiger partial charge in [0, 0.05) is 42.2 Å². The van der Waals surface area contributed by atoms with E-state index >= 15 is 0 Å². The van der Waals surface area contributed by atoms with Gasteiger partial charge < -0.3 is 4.98 Å². The summed E-state index contributed by atoms with van der Waals surface area (Å²) in [5.74, 6) is 0. The van der Waals surface area contributed by atoms with E-state index in [2.05, 4.69) is 20.2 Å². The summed E-state index contributed by atoms with van der Waals surface area (Å²) < 4.78 is 0. The summed E-state index contributed by atoms with van der Waals surface area (Å²) in [6.07, 6.45) is 8.97. The van der Waals surface area contributed by atoms with Gasteiger partial charge in [-0.15, -0.1) is 0 Å². The maximum Gasteiger partial charge on any atom is 0.0487 e. The fraction of sp³-hybridized carbons (Fsp3) is 0. The molecule has 4 heteroatoms. The zero-order valence-electron chi connectivity index (χ0n) is 8.67. The van der Waals surface area contributed by atoms with Crippen LogP contribution >= 0.6 is 0 Å². The van der Waals surface area contributed by atoms with E-state index in [0.29, 0.717) is 0 Å². The van der Waals surface area contributed by atoms with E-state index in [1.807, 2.05) is 42.7 Å². The van der Waals surface area contributed by atoms with Gasteiger partial charge in [0.1, 0.15) is 0 Å². The van der Waals surface area contributed by atoms with E-state index in [0.717, 1.165) is 11.3 Å². The summed E-state index contributed by atoms with van der Waals surface area (Å²) in [5.41, 5.74) is 2.23. The lowest BCUT2D eigenvalue weighted by Crippen LogP contribution is -1.76. The van der Waals surface area contributed by atoms with Crippen LogP contribution in [0, 0.1) is 0 Å². The molecule has 3 heterocycles. The van der Waals surface area contributed by atoms with Crippen molar-refractivity contribution in [1.29, 1.82) is 0 Å². The molecule has 4 nitrogen and oxygen atoms in total. The van der Waals surface area contributed by atoms with Gasteiger partial charge in [-0.05, 0) is 30.3 Å². The Balaban J connectivity index is 0.000000162. The van der Waals surface area contributed by atoms with Crippen LogP contribution in [0.3, 0.4) is 0 Å². The van der Waals surface area contributed by atoms with E-state index in [1.165, 1.54) is 0 Å². The monoisotopic (exact) mass is 212 g/mol. The average molecular weight is 212 g/mol. The Bertz CT molecular complexity index is 454. The molecule has 80 valence electrons. The highest BCUT2D eigenvalue weighted by atomic mass is 15.1. The second kappa shape index (κ2) is 5.50. The van der Waals surface area contributed by atoms with Crippen molar-refractivity contribution in [2.45, 2.75) is 0 Å². The SMILES string of the molecule is c1cn[nH]c1.c1cncc(-c2ccc[nH]2)c1. The molecule has 0 radical (unpaired) electrons. The molecular weight excluding hydrogens is 200 g/mol. The van der Waals surface area contributed by atoms with E-state index in [9.17, 15) is 0 Å². The lowest BCUT2D eigenvalue weighted by atomic mass is 10.2. The maximum atomic E-state index is 4.02. The third kappa shape index (κ3) is 2.81. The van der Waals surface area contributed by atoms with Crippen molar-refractivity contribution in [2.24, 2.45) is 0 Å². The lowest BCUT2D eigenvalue weighted by molar-refractivity contribution is 1.09. The minimum absolute atomic E-state index is 1.11. The zero-order valence-corrected chi connectivity index (χ0v) is 8.67. The number of aromatic nitrogens is 4. The van der Waals surface area contributed by atoms with Crippen LogP contribution in [0.1, 0.15) is 0 Å². The zero-order chi connectivity index (χ0) is 11.1. The Labute approximate surface area is 93.4 Å². The van der Waals surface area contributed by atoms with Crippen molar-refractivity contribution < 1.29 is 0 Å². The molecule has 3 aromatic heterocycles. The highest BCUT2D eigenvalue weighted by molar-refractivity contribution is 5.57. The minimum Gasteiger partial charge on any atom is -0.361 e. The maximum absolute atomic E-state index is 4.02. The Hall–Kier alpha value is -2.36. The van der Waals surface area contributed by atoms with Crippen molar-refractivity contribution in [3.8, 4) is 11.3 Å². The van der Waals surface area contributed by atoms with Gasteiger partial charge in [0.05, 0.1) is 0 Å². The number of rotatable bonds is 1. The van der Waals surface area contributed by atoms with Gasteiger partial charge in [0.15, 0.2) is 0 Å². The largest absolute Gasteiger partial charge is 0.361 e. The fourth-order valence-corrected chi connectivity index (χ4v) is 1.25. The quantitative estimate of drug-likeness (QED) is 0.651. The van der Waals surface area contributed by atoms with E-state index in [1.54, 1.807) is 18.6 Å². The second-order valence-corrected chi connectivity index (χ2v) is 3.09. The summed E-state index contributed by atoms with van der Waals surface area (Å²) in [6, 6.07) is 9.79. The van der Waals surface area contributed by atoms with Crippen LogP contribution in [-0.4, -0.2) is 20.2 Å². The minimum atomic E-state index is 1.11. The average Bonchev–Trinajstić information content (AvgIpc) is 3.07. The third-order valence-electron chi connectivity index (χ3n) is 1.98. The topological polar surface area (TPSA) is 57.4 Å². The Morgan fingerprint density at radius 2 is 1.94 bits per heavy atom. The van der Waals surface area contributed by atoms with Gasteiger partial charge in [-0.3, -0.25) is 10.1 Å². The number of nitrogens with one attached hydrogen (secondary N) is 2. The van der Waals surface area contributed by atoms with Gasteiger partial charge in [-0.2, -0.15) is 5.10 Å². The first-order valence-electron chi connectivity index (χ1n) is 4.94. The number of hydrogen-bond acceptors (Lipinski definition) is 2. The van der Waals surface area contributed by atoms with E-state index in [-0.39, 0.29) is 0 Å². The summed E-state index contributed by atoms with van der Waals surface area (Å²) in [4.78, 5) is 7.13. The number of pyridine rings is 1. The van der Waals surface area contributed by atoms with Crippen LogP contribution in [0.2, 0.25) is 0 Å². The lowest BCUT2D eigenvalue weighted by Gasteiger charge is -1.93. The Morgan fingerprint density at radius 1 is 0.938 bits per heavy atom. The molecule has 0 spiro atoms. The first kappa shape index (κ1) is 10.2. The molecule has 0 aromatic carbocycles. The molecular formula is C12H12N4. The predicted molar refractivity (Wildman–Crippen MR) is 62.6 cm³/mol. The normalized spacial score (nSPS) is 9.25. The molecule has 2 N–H and O–H groups in total. The molecule has 0 aliphatic rings. The highest BCUT2D eigenvalue weighted by Crippen LogP contribution is 2.13. The molecule has 0 saturated heterocycles. The van der Waals surface area contributed by atoms with Crippen molar-refractivity contribution in [3.05, 3.63) is 61.3 Å². The van der Waals surface area contributed by atoms with Gasteiger partial charge in [-0.25, -0.2) is 0 Å². The second-order valence-electron chi connectivity index (χ2n) is 3.09. The Kier molecular flexibility index (Phi) is 3.50. The van der Waals surface area contributed by atoms with Gasteiger partial charge in [0.2, 0.25) is 0 Å². The standard InChI is InChI=1S/C9H8N2.C3H4N2/c1-3-8(7-10-5-1)9-4-2-6-11-9;1-2-4-5-3-1/h1-7,11H;1-3H,(H,4,5). The molecule has 0 bridgehead atoms. The predicted octanol–water partition coefficient (Wildman–Crippen LogP) is 2.49. The third-order valence-corrected chi connectivity index (χ3v) is 1.98. The summed E-state index contributed by atoms with van der Waals surface area (Å²) in [6.45, 7) is 0. The molecule has 3 aromatic rings. The summed E-state index contributed by atoms with van der Waals surface area (Å²) in [7, 11) is 0. The van der Waals surface area contributed by atoms with Crippen LogP contribution in [0.15, 0.2) is 61.3 Å². The van der Waals surface area contributed by atoms with E-state index < -0.39 is 0 Å². The van der Waals surface area contributed by atoms with Crippen molar-refractivity contribution in [2.75, 3.05) is 0 Å². The Morgan fingerprint density at radius 3 is 2.44 bits per heavy atom. The van der Waals surface area contributed by atoms with Crippen molar-refractivity contribution >= 4 is 0 Å². The number of H-pyrrole nitrogens is 2. The number of nitrogens with zero attached hydrogens (tertiary/aromatic N) is 2. The number of aromatic amines is 2. The van der Waals surface area contributed by atoms with Crippen molar-refractivity contribution in [3.63, 3.8) is 0 Å². The van der Waals surface area contributed by atoms with Crippen LogP contribution < -0.4 is 0 Å². The van der Waals surface area contributed by atoms with Gasteiger partial charge in [0.25, 0.3) is 0 Å². The molecule has 16 heavy (non-hydrogen) atoms. The molecule has 0 amide bonds. The van der Waals surface area contributed by atoms with Crippen LogP contribution in [0.4, 0.5) is 0 Å². The molecule has 0 fully saturated rings. The first-order valence-corrected chi connectivity index (χ1v) is 4.94. The molecule has 0 saturated carbocycles. The van der Waals surface area contributed by atoms with Gasteiger partial charge in [-0.1, -0.05) is 0 Å². The first-order chi connectivity index (χ1) is 7.97. The van der Waals surface area contributed by atoms with Gasteiger partial charge >= 0.3 is 0 Å². The van der Waals surface area contributed by atoms with Crippen LogP contribution in [0.25, 0.3) is 11.3 Å². The van der Waals surface area contributed by atoms with E-state index in [4.69, 9.17) is 0 Å². The molecule has 0 aliphatic heterocycles.